The molecule has 4 nitrogen and oxygen atoms in total. The molecule has 1 saturated heterocycles. The molecule has 1 aromatic carbocycles. The van der Waals surface area contributed by atoms with Crippen molar-refractivity contribution < 1.29 is 0 Å². The molecule has 1 heterocycles. The van der Waals surface area contributed by atoms with Gasteiger partial charge in [-0.05, 0) is 36.5 Å². The van der Waals surface area contributed by atoms with Gasteiger partial charge in [-0.1, -0.05) is 25.4 Å². The van der Waals surface area contributed by atoms with Crippen LogP contribution in [-0.2, 0) is 0 Å². The predicted molar refractivity (Wildman–Crippen MR) is 89.5 cm³/mol. The summed E-state index contributed by atoms with van der Waals surface area (Å²) in [5.74, 6) is 1.32. The van der Waals surface area contributed by atoms with Crippen molar-refractivity contribution in [2.24, 2.45) is 11.8 Å². The summed E-state index contributed by atoms with van der Waals surface area (Å²) in [6, 6.07) is 9.33. The molecule has 2 rings (SSSR count). The van der Waals surface area contributed by atoms with Gasteiger partial charge in [-0.25, -0.2) is 0 Å². The molecular formula is C17H19ClN4. The van der Waals surface area contributed by atoms with Crippen molar-refractivity contribution in [3.63, 3.8) is 0 Å². The molecule has 5 heteroatoms. The SMILES string of the molecule is CC1CC(C)CN(c2ccc(NC=C(C#N)C#N)cc2Cl)C1. The Morgan fingerprint density at radius 2 is 1.91 bits per heavy atom. The number of halogens is 1. The van der Waals surface area contributed by atoms with E-state index in [1.165, 1.54) is 12.6 Å². The van der Waals surface area contributed by atoms with Gasteiger partial charge in [0.1, 0.15) is 17.7 Å². The van der Waals surface area contributed by atoms with Crippen LogP contribution in [0.1, 0.15) is 20.3 Å². The predicted octanol–water partition coefficient (Wildman–Crippen LogP) is 4.17. The second kappa shape index (κ2) is 7.20. The van der Waals surface area contributed by atoms with Crippen LogP contribution < -0.4 is 10.2 Å². The molecule has 1 aliphatic rings. The Hall–Kier alpha value is -2.17. The van der Waals surface area contributed by atoms with Crippen molar-refractivity contribution in [2.75, 3.05) is 23.3 Å². The fourth-order valence-corrected chi connectivity index (χ4v) is 3.26. The van der Waals surface area contributed by atoms with Crippen molar-refractivity contribution in [3.8, 4) is 12.1 Å². The lowest BCUT2D eigenvalue weighted by molar-refractivity contribution is 0.357. The number of nitrogens with one attached hydrogen (secondary N) is 1. The molecule has 0 aromatic heterocycles. The van der Waals surface area contributed by atoms with Crippen LogP contribution in [0, 0.1) is 34.5 Å². The fourth-order valence-electron chi connectivity index (χ4n) is 2.96. The van der Waals surface area contributed by atoms with E-state index in [1.807, 2.05) is 18.2 Å². The van der Waals surface area contributed by atoms with Crippen molar-refractivity contribution in [3.05, 3.63) is 35.0 Å². The van der Waals surface area contributed by atoms with E-state index < -0.39 is 0 Å². The van der Waals surface area contributed by atoms with E-state index in [2.05, 4.69) is 24.1 Å². The molecular weight excluding hydrogens is 296 g/mol. The number of hydrogen-bond acceptors (Lipinski definition) is 4. The standard InChI is InChI=1S/C17H19ClN4/c1-12-5-13(2)11-22(10-12)17-4-3-15(6-16(17)18)21-9-14(7-19)8-20/h3-4,6,9,12-13,21H,5,10-11H2,1-2H3. The Kier molecular flexibility index (Phi) is 5.31. The zero-order chi connectivity index (χ0) is 16.1. The minimum Gasteiger partial charge on any atom is -0.370 e. The topological polar surface area (TPSA) is 62.9 Å². The summed E-state index contributed by atoms with van der Waals surface area (Å²) in [4.78, 5) is 2.33. The second-order valence-corrected chi connectivity index (χ2v) is 6.35. The maximum atomic E-state index is 8.71. The zero-order valence-electron chi connectivity index (χ0n) is 12.8. The molecule has 0 bridgehead atoms. The molecule has 2 unspecified atom stereocenters. The molecule has 2 atom stereocenters. The monoisotopic (exact) mass is 314 g/mol. The molecule has 1 aromatic rings. The summed E-state index contributed by atoms with van der Waals surface area (Å²) in [5, 5.41) is 21.0. The highest BCUT2D eigenvalue weighted by Gasteiger charge is 2.23. The van der Waals surface area contributed by atoms with Crippen LogP contribution in [0.25, 0.3) is 0 Å². The highest BCUT2D eigenvalue weighted by molar-refractivity contribution is 6.33. The minimum absolute atomic E-state index is 0.0267. The largest absolute Gasteiger partial charge is 0.370 e. The minimum atomic E-state index is 0.0267. The number of piperidine rings is 1. The van der Waals surface area contributed by atoms with Gasteiger partial charge in [-0.15, -0.1) is 0 Å². The van der Waals surface area contributed by atoms with Crippen LogP contribution in [0.2, 0.25) is 5.02 Å². The first-order valence-corrected chi connectivity index (χ1v) is 7.72. The Morgan fingerprint density at radius 3 is 2.45 bits per heavy atom. The third kappa shape index (κ3) is 3.93. The Morgan fingerprint density at radius 1 is 1.27 bits per heavy atom. The molecule has 1 N–H and O–H groups in total. The third-order valence-corrected chi connectivity index (χ3v) is 4.08. The van der Waals surface area contributed by atoms with Gasteiger partial charge in [0.25, 0.3) is 0 Å². The lowest BCUT2D eigenvalue weighted by Gasteiger charge is -2.37. The lowest BCUT2D eigenvalue weighted by Crippen LogP contribution is -2.38. The van der Waals surface area contributed by atoms with Gasteiger partial charge in [-0.3, -0.25) is 0 Å². The first kappa shape index (κ1) is 16.2. The molecule has 0 aliphatic carbocycles. The molecule has 1 aliphatic heterocycles. The summed E-state index contributed by atoms with van der Waals surface area (Å²) in [6.45, 7) is 6.57. The Labute approximate surface area is 136 Å². The number of anilines is 2. The van der Waals surface area contributed by atoms with Crippen LogP contribution in [0.5, 0.6) is 0 Å². The van der Waals surface area contributed by atoms with Gasteiger partial charge < -0.3 is 10.2 Å². The van der Waals surface area contributed by atoms with Crippen molar-refractivity contribution in [1.29, 1.82) is 10.5 Å². The zero-order valence-corrected chi connectivity index (χ0v) is 13.6. The van der Waals surface area contributed by atoms with Crippen LogP contribution >= 0.6 is 11.6 Å². The normalized spacial score (nSPS) is 20.7. The Bertz CT molecular complexity index is 628. The van der Waals surface area contributed by atoms with E-state index >= 15 is 0 Å². The molecule has 22 heavy (non-hydrogen) atoms. The first-order chi connectivity index (χ1) is 10.5. The van der Waals surface area contributed by atoms with E-state index in [1.54, 1.807) is 12.1 Å². The van der Waals surface area contributed by atoms with E-state index in [4.69, 9.17) is 22.1 Å². The number of nitrogens with zero attached hydrogens (tertiary/aromatic N) is 3. The van der Waals surface area contributed by atoms with E-state index in [-0.39, 0.29) is 5.57 Å². The van der Waals surface area contributed by atoms with Crippen LogP contribution in [0.4, 0.5) is 11.4 Å². The average Bonchev–Trinajstić information content (AvgIpc) is 2.47. The number of hydrogen-bond donors (Lipinski definition) is 1. The highest BCUT2D eigenvalue weighted by Crippen LogP contribution is 2.33. The molecule has 0 amide bonds. The van der Waals surface area contributed by atoms with Crippen molar-refractivity contribution >= 4 is 23.0 Å². The quantitative estimate of drug-likeness (QED) is 0.851. The molecule has 0 radical (unpaired) electrons. The molecule has 1 fully saturated rings. The van der Waals surface area contributed by atoms with E-state index in [0.717, 1.165) is 24.5 Å². The second-order valence-electron chi connectivity index (χ2n) is 5.94. The molecule has 114 valence electrons. The average molecular weight is 315 g/mol. The number of benzene rings is 1. The summed E-state index contributed by atoms with van der Waals surface area (Å²) in [6.07, 6.45) is 2.64. The summed E-state index contributed by atoms with van der Waals surface area (Å²) in [5.41, 5.74) is 1.82. The van der Waals surface area contributed by atoms with Gasteiger partial charge in [0.2, 0.25) is 0 Å². The smallest absolute Gasteiger partial charge is 0.145 e. The molecule has 0 saturated carbocycles. The van der Waals surface area contributed by atoms with Gasteiger partial charge >= 0.3 is 0 Å². The maximum absolute atomic E-state index is 8.71. The first-order valence-electron chi connectivity index (χ1n) is 7.35. The number of allylic oxidation sites excluding steroid dienone is 1. The van der Waals surface area contributed by atoms with Crippen molar-refractivity contribution in [1.82, 2.24) is 0 Å². The van der Waals surface area contributed by atoms with Gasteiger partial charge in [0.05, 0.1) is 10.7 Å². The van der Waals surface area contributed by atoms with Crippen LogP contribution in [0.15, 0.2) is 30.0 Å². The van der Waals surface area contributed by atoms with E-state index in [9.17, 15) is 0 Å². The third-order valence-electron chi connectivity index (χ3n) is 3.78. The summed E-state index contributed by atoms with van der Waals surface area (Å²) < 4.78 is 0. The summed E-state index contributed by atoms with van der Waals surface area (Å²) >= 11 is 6.41. The van der Waals surface area contributed by atoms with Crippen LogP contribution in [-0.4, -0.2) is 13.1 Å². The van der Waals surface area contributed by atoms with Gasteiger partial charge in [0, 0.05) is 25.0 Å². The van der Waals surface area contributed by atoms with Gasteiger partial charge in [-0.2, -0.15) is 10.5 Å². The number of nitriles is 2. The van der Waals surface area contributed by atoms with Crippen LogP contribution in [0.3, 0.4) is 0 Å². The fraction of sp³-hybridized carbons (Fsp3) is 0.412. The maximum Gasteiger partial charge on any atom is 0.145 e. The Balaban J connectivity index is 2.15. The highest BCUT2D eigenvalue weighted by atomic mass is 35.5. The lowest BCUT2D eigenvalue weighted by atomic mass is 9.91. The van der Waals surface area contributed by atoms with Gasteiger partial charge in [0.15, 0.2) is 0 Å². The number of rotatable bonds is 3. The summed E-state index contributed by atoms with van der Waals surface area (Å²) in [7, 11) is 0. The van der Waals surface area contributed by atoms with E-state index in [0.29, 0.717) is 16.9 Å². The molecule has 0 spiro atoms. The van der Waals surface area contributed by atoms with Crippen molar-refractivity contribution in [2.45, 2.75) is 20.3 Å².